The molecule has 0 fully saturated rings. The van der Waals surface area contributed by atoms with E-state index in [0.717, 1.165) is 23.5 Å². The van der Waals surface area contributed by atoms with Crippen molar-refractivity contribution in [3.05, 3.63) is 75.8 Å². The first-order valence-electron chi connectivity index (χ1n) is 7.79. The number of carbonyl (C=O) groups excluding carboxylic acids is 1. The third-order valence-electron chi connectivity index (χ3n) is 4.24. The summed E-state index contributed by atoms with van der Waals surface area (Å²) in [4.78, 5) is 19.7. The number of amides is 1. The van der Waals surface area contributed by atoms with Gasteiger partial charge in [0.05, 0.1) is 11.2 Å². The van der Waals surface area contributed by atoms with Crippen LogP contribution in [0.2, 0.25) is 5.02 Å². The Morgan fingerprint density at radius 1 is 1.08 bits per heavy atom. The molecule has 0 aliphatic carbocycles. The van der Waals surface area contributed by atoms with Crippen molar-refractivity contribution in [2.24, 2.45) is 0 Å². The molecular weight excluding hydrogens is 340 g/mol. The predicted molar refractivity (Wildman–Crippen MR) is 97.4 cm³/mol. The Bertz CT molecular complexity index is 906. The molecule has 1 amide bonds. The molecule has 120 valence electrons. The summed E-state index contributed by atoms with van der Waals surface area (Å²) in [5.74, 6) is 0.0420. The lowest BCUT2D eigenvalue weighted by Crippen LogP contribution is -2.35. The number of rotatable bonds is 2. The molecule has 5 heteroatoms. The fourth-order valence-corrected chi connectivity index (χ4v) is 4.16. The molecule has 1 aliphatic heterocycles. The third-order valence-corrected chi connectivity index (χ3v) is 5.59. The van der Waals surface area contributed by atoms with Crippen LogP contribution in [0.3, 0.4) is 0 Å². The zero-order valence-electron chi connectivity index (χ0n) is 12.9. The number of hydrogen-bond donors (Lipinski definition) is 0. The largest absolute Gasteiger partial charge is 0.333 e. The summed E-state index contributed by atoms with van der Waals surface area (Å²) in [5, 5.41) is 1.43. The molecule has 2 aromatic carbocycles. The fourth-order valence-electron chi connectivity index (χ4n) is 2.96. The monoisotopic (exact) mass is 354 g/mol. The van der Waals surface area contributed by atoms with E-state index in [-0.39, 0.29) is 5.91 Å². The molecule has 0 saturated heterocycles. The van der Waals surface area contributed by atoms with E-state index in [4.69, 9.17) is 11.6 Å². The van der Waals surface area contributed by atoms with E-state index < -0.39 is 0 Å². The van der Waals surface area contributed by atoms with Crippen LogP contribution in [0.4, 0.5) is 0 Å². The number of benzene rings is 2. The predicted octanol–water partition coefficient (Wildman–Crippen LogP) is 4.66. The Morgan fingerprint density at radius 2 is 1.83 bits per heavy atom. The minimum Gasteiger partial charge on any atom is -0.333 e. The molecule has 4 rings (SSSR count). The van der Waals surface area contributed by atoms with Crippen molar-refractivity contribution in [2.75, 3.05) is 6.54 Å². The highest BCUT2D eigenvalue weighted by atomic mass is 35.5. The van der Waals surface area contributed by atoms with E-state index in [0.29, 0.717) is 16.4 Å². The topological polar surface area (TPSA) is 33.2 Å². The summed E-state index contributed by atoms with van der Waals surface area (Å²) in [7, 11) is 0. The first-order chi connectivity index (χ1) is 11.7. The maximum absolute atomic E-state index is 12.8. The van der Waals surface area contributed by atoms with Crippen molar-refractivity contribution < 1.29 is 4.79 Å². The molecular formula is C19H15ClN2OS. The summed E-state index contributed by atoms with van der Waals surface area (Å²) >= 11 is 7.62. The number of halogens is 1. The van der Waals surface area contributed by atoms with Gasteiger partial charge in [-0.25, -0.2) is 4.98 Å². The summed E-state index contributed by atoms with van der Waals surface area (Å²) in [5.41, 5.74) is 3.43. The second-order valence-electron chi connectivity index (χ2n) is 5.75. The molecule has 1 aromatic heterocycles. The molecule has 1 aliphatic rings. The number of hydrogen-bond acceptors (Lipinski definition) is 3. The Hall–Kier alpha value is -2.17. The van der Waals surface area contributed by atoms with Crippen LogP contribution >= 0.6 is 22.9 Å². The standard InChI is InChI=1S/C19H15ClN2OS/c20-16-8-4-3-7-15(16)18-21-11-17(24-18)19(23)22-10-9-13-5-1-2-6-14(13)12-22/h1-8,11H,9-10,12H2. The minimum absolute atomic E-state index is 0.0420. The van der Waals surface area contributed by atoms with Crippen LogP contribution in [0.25, 0.3) is 10.6 Å². The van der Waals surface area contributed by atoms with Crippen LogP contribution in [-0.2, 0) is 13.0 Å². The molecule has 0 radical (unpaired) electrons. The van der Waals surface area contributed by atoms with E-state index in [1.165, 1.54) is 22.5 Å². The highest BCUT2D eigenvalue weighted by Gasteiger charge is 2.23. The number of fused-ring (bicyclic) bond motifs is 1. The van der Waals surface area contributed by atoms with Gasteiger partial charge in [-0.05, 0) is 23.6 Å². The van der Waals surface area contributed by atoms with E-state index in [9.17, 15) is 4.79 Å². The van der Waals surface area contributed by atoms with E-state index in [1.54, 1.807) is 6.20 Å². The smallest absolute Gasteiger partial charge is 0.265 e. The van der Waals surface area contributed by atoms with Gasteiger partial charge in [0, 0.05) is 18.7 Å². The van der Waals surface area contributed by atoms with Crippen molar-refractivity contribution in [3.8, 4) is 10.6 Å². The van der Waals surface area contributed by atoms with Gasteiger partial charge in [-0.2, -0.15) is 0 Å². The first-order valence-corrected chi connectivity index (χ1v) is 8.98. The van der Waals surface area contributed by atoms with Gasteiger partial charge in [0.25, 0.3) is 5.91 Å². The number of thiazole rings is 1. The lowest BCUT2D eigenvalue weighted by atomic mass is 10.00. The van der Waals surface area contributed by atoms with Crippen molar-refractivity contribution in [1.82, 2.24) is 9.88 Å². The van der Waals surface area contributed by atoms with Gasteiger partial charge in [-0.1, -0.05) is 54.1 Å². The number of aromatic nitrogens is 1. The third kappa shape index (κ3) is 2.83. The maximum Gasteiger partial charge on any atom is 0.265 e. The Morgan fingerprint density at radius 3 is 2.67 bits per heavy atom. The molecule has 3 aromatic rings. The van der Waals surface area contributed by atoms with Gasteiger partial charge in [-0.3, -0.25) is 4.79 Å². The SMILES string of the molecule is O=C(c1cnc(-c2ccccc2Cl)s1)N1CCc2ccccc2C1. The number of carbonyl (C=O) groups is 1. The summed E-state index contributed by atoms with van der Waals surface area (Å²) in [6.07, 6.45) is 2.56. The van der Waals surface area contributed by atoms with E-state index in [1.807, 2.05) is 35.2 Å². The molecule has 3 nitrogen and oxygen atoms in total. The van der Waals surface area contributed by atoms with E-state index >= 15 is 0 Å². The molecule has 0 bridgehead atoms. The quantitative estimate of drug-likeness (QED) is 0.670. The highest BCUT2D eigenvalue weighted by Crippen LogP contribution is 2.32. The average molecular weight is 355 g/mol. The van der Waals surface area contributed by atoms with Crippen LogP contribution < -0.4 is 0 Å². The molecule has 0 spiro atoms. The lowest BCUT2D eigenvalue weighted by Gasteiger charge is -2.28. The summed E-state index contributed by atoms with van der Waals surface area (Å²) in [6, 6.07) is 15.9. The second kappa shape index (κ2) is 6.38. The highest BCUT2D eigenvalue weighted by molar-refractivity contribution is 7.17. The van der Waals surface area contributed by atoms with Gasteiger partial charge in [0.1, 0.15) is 9.88 Å². The maximum atomic E-state index is 12.8. The Labute approximate surface area is 149 Å². The lowest BCUT2D eigenvalue weighted by molar-refractivity contribution is 0.0739. The molecule has 0 unspecified atom stereocenters. The van der Waals surface area contributed by atoms with E-state index in [2.05, 4.69) is 23.2 Å². The normalized spacial score (nSPS) is 13.6. The van der Waals surface area contributed by atoms with Gasteiger partial charge in [-0.15, -0.1) is 11.3 Å². The molecule has 0 saturated carbocycles. The van der Waals surface area contributed by atoms with Crippen LogP contribution in [0.15, 0.2) is 54.7 Å². The van der Waals surface area contributed by atoms with Crippen molar-refractivity contribution in [1.29, 1.82) is 0 Å². The summed E-state index contributed by atoms with van der Waals surface area (Å²) < 4.78 is 0. The molecule has 0 atom stereocenters. The van der Waals surface area contributed by atoms with Crippen LogP contribution in [-0.4, -0.2) is 22.3 Å². The van der Waals surface area contributed by atoms with Crippen molar-refractivity contribution in [2.45, 2.75) is 13.0 Å². The zero-order chi connectivity index (χ0) is 16.5. The second-order valence-corrected chi connectivity index (χ2v) is 7.19. The molecule has 24 heavy (non-hydrogen) atoms. The van der Waals surface area contributed by atoms with Gasteiger partial charge < -0.3 is 4.90 Å². The number of nitrogens with zero attached hydrogens (tertiary/aromatic N) is 2. The molecule has 0 N–H and O–H groups in total. The first kappa shape index (κ1) is 15.4. The molecule has 2 heterocycles. The van der Waals surface area contributed by atoms with Crippen LogP contribution in [0.5, 0.6) is 0 Å². The van der Waals surface area contributed by atoms with Crippen LogP contribution in [0.1, 0.15) is 20.8 Å². The minimum atomic E-state index is 0.0420. The van der Waals surface area contributed by atoms with Crippen molar-refractivity contribution >= 4 is 28.8 Å². The Kier molecular flexibility index (Phi) is 4.08. The van der Waals surface area contributed by atoms with Crippen LogP contribution in [0, 0.1) is 0 Å². The van der Waals surface area contributed by atoms with Gasteiger partial charge in [0.2, 0.25) is 0 Å². The van der Waals surface area contributed by atoms with Gasteiger partial charge in [0.15, 0.2) is 0 Å². The summed E-state index contributed by atoms with van der Waals surface area (Å²) in [6.45, 7) is 1.41. The van der Waals surface area contributed by atoms with Gasteiger partial charge >= 0.3 is 0 Å². The average Bonchev–Trinajstić information content (AvgIpc) is 3.11. The fraction of sp³-hybridized carbons (Fsp3) is 0.158. The Balaban J connectivity index is 1.57. The zero-order valence-corrected chi connectivity index (χ0v) is 14.5. The van der Waals surface area contributed by atoms with Crippen molar-refractivity contribution in [3.63, 3.8) is 0 Å².